The number of alkyl carbamates (subject to hydrolysis) is 1. The summed E-state index contributed by atoms with van der Waals surface area (Å²) in [6, 6.07) is 0. The van der Waals surface area contributed by atoms with E-state index < -0.39 is 30.2 Å². The van der Waals surface area contributed by atoms with Crippen LogP contribution in [0.15, 0.2) is 25.3 Å². The van der Waals surface area contributed by atoms with E-state index in [1.807, 2.05) is 0 Å². The van der Waals surface area contributed by atoms with Gasteiger partial charge in [-0.15, -0.1) is 0 Å². The van der Waals surface area contributed by atoms with Crippen LogP contribution in [0.5, 0.6) is 0 Å². The van der Waals surface area contributed by atoms with Gasteiger partial charge in [-0.05, 0) is 82.5 Å². The molecule has 3 aliphatic carbocycles. The monoisotopic (exact) mass is 533 g/mol. The van der Waals surface area contributed by atoms with Gasteiger partial charge in [0.25, 0.3) is 0 Å². The summed E-state index contributed by atoms with van der Waals surface area (Å²) in [6.07, 6.45) is 11.8. The molecule has 0 bridgehead atoms. The van der Waals surface area contributed by atoms with Crippen LogP contribution in [0, 0.1) is 11.8 Å². The lowest BCUT2D eigenvalue weighted by atomic mass is 9.80. The van der Waals surface area contributed by atoms with Gasteiger partial charge in [0.15, 0.2) is 0 Å². The molecule has 38 heavy (non-hydrogen) atoms. The summed E-state index contributed by atoms with van der Waals surface area (Å²) in [4.78, 5) is 48.0. The highest BCUT2D eigenvalue weighted by molar-refractivity contribution is 5.81. The largest absolute Gasteiger partial charge is 0.458 e. The maximum absolute atomic E-state index is 12.5. The molecule has 1 N–H and O–H groups in total. The van der Waals surface area contributed by atoms with Crippen LogP contribution in [0.25, 0.3) is 0 Å². The number of nitrogens with one attached hydrogen (secondary N) is 1. The Morgan fingerprint density at radius 1 is 0.632 bits per heavy atom. The molecule has 3 aliphatic rings. The third-order valence-electron chi connectivity index (χ3n) is 7.95. The average Bonchev–Trinajstić information content (AvgIpc) is 2.93. The molecule has 9 heteroatoms. The van der Waals surface area contributed by atoms with Gasteiger partial charge in [0.1, 0.15) is 24.4 Å². The predicted octanol–water partition coefficient (Wildman–Crippen LogP) is 4.92. The molecule has 0 aliphatic heterocycles. The van der Waals surface area contributed by atoms with Gasteiger partial charge in [-0.2, -0.15) is 0 Å². The van der Waals surface area contributed by atoms with E-state index in [1.165, 1.54) is 0 Å². The molecule has 0 aromatic carbocycles. The highest BCUT2D eigenvalue weighted by Crippen LogP contribution is 2.32. The first kappa shape index (κ1) is 29.7. The standard InChI is InChI=1S/C29H43NO8/c1-3-26(31)35-22-9-5-6-10-23(22)37-28(33)18-17-20-13-15-21(16-14-20)19-30-29(34)38-25-12-8-7-11-24(25)36-27(32)4-2/h3-4,20-25H,1-2,5-19H2,(H,30,34). The number of hydrogen-bond acceptors (Lipinski definition) is 8. The second-order valence-corrected chi connectivity index (χ2v) is 10.7. The predicted molar refractivity (Wildman–Crippen MR) is 140 cm³/mol. The van der Waals surface area contributed by atoms with E-state index in [4.69, 9.17) is 18.9 Å². The van der Waals surface area contributed by atoms with Gasteiger partial charge in [0.2, 0.25) is 0 Å². The van der Waals surface area contributed by atoms with Crippen molar-refractivity contribution in [3.05, 3.63) is 25.3 Å². The van der Waals surface area contributed by atoms with Gasteiger partial charge in [-0.1, -0.05) is 26.0 Å². The second-order valence-electron chi connectivity index (χ2n) is 10.7. The summed E-state index contributed by atoms with van der Waals surface area (Å²) < 4.78 is 22.0. The highest BCUT2D eigenvalue weighted by Gasteiger charge is 2.33. The van der Waals surface area contributed by atoms with E-state index in [0.29, 0.717) is 50.5 Å². The molecular weight excluding hydrogens is 490 g/mol. The lowest BCUT2D eigenvalue weighted by Crippen LogP contribution is -2.41. The van der Waals surface area contributed by atoms with Crippen LogP contribution in [0.4, 0.5) is 4.79 Å². The number of amides is 1. The van der Waals surface area contributed by atoms with Gasteiger partial charge >= 0.3 is 24.0 Å². The molecule has 3 fully saturated rings. The number of rotatable bonds is 11. The summed E-state index contributed by atoms with van der Waals surface area (Å²) in [7, 11) is 0. The molecule has 3 saturated carbocycles. The third-order valence-corrected chi connectivity index (χ3v) is 7.95. The minimum absolute atomic E-state index is 0.233. The molecule has 4 atom stereocenters. The molecule has 0 aromatic heterocycles. The van der Waals surface area contributed by atoms with E-state index >= 15 is 0 Å². The maximum Gasteiger partial charge on any atom is 0.407 e. The Hall–Kier alpha value is -2.84. The first-order chi connectivity index (χ1) is 18.4. The molecule has 9 nitrogen and oxygen atoms in total. The Morgan fingerprint density at radius 2 is 1.08 bits per heavy atom. The molecule has 0 spiro atoms. The van der Waals surface area contributed by atoms with Crippen molar-refractivity contribution in [3.8, 4) is 0 Å². The van der Waals surface area contributed by atoms with E-state index in [0.717, 1.165) is 69.9 Å². The van der Waals surface area contributed by atoms with Crippen LogP contribution in [0.2, 0.25) is 0 Å². The van der Waals surface area contributed by atoms with Gasteiger partial charge in [-0.3, -0.25) is 4.79 Å². The molecule has 212 valence electrons. The summed E-state index contributed by atoms with van der Waals surface area (Å²) in [5.74, 6) is -0.390. The number of carbonyl (C=O) groups excluding carboxylic acids is 4. The van der Waals surface area contributed by atoms with E-state index in [-0.39, 0.29) is 18.2 Å². The first-order valence-electron chi connectivity index (χ1n) is 14.2. The van der Waals surface area contributed by atoms with Gasteiger partial charge in [0, 0.05) is 25.1 Å². The van der Waals surface area contributed by atoms with Crippen molar-refractivity contribution in [2.75, 3.05) is 6.54 Å². The summed E-state index contributed by atoms with van der Waals surface area (Å²) in [5, 5.41) is 2.88. The first-order valence-corrected chi connectivity index (χ1v) is 14.2. The molecule has 0 aromatic rings. The zero-order valence-electron chi connectivity index (χ0n) is 22.4. The van der Waals surface area contributed by atoms with Crippen molar-refractivity contribution in [1.29, 1.82) is 0 Å². The van der Waals surface area contributed by atoms with Crippen molar-refractivity contribution < 1.29 is 38.1 Å². The van der Waals surface area contributed by atoms with Crippen molar-refractivity contribution in [2.24, 2.45) is 11.8 Å². The fourth-order valence-electron chi connectivity index (χ4n) is 5.74. The van der Waals surface area contributed by atoms with Crippen LogP contribution in [-0.4, -0.2) is 55.0 Å². The average molecular weight is 534 g/mol. The van der Waals surface area contributed by atoms with Crippen LogP contribution in [0.3, 0.4) is 0 Å². The number of ether oxygens (including phenoxy) is 4. The summed E-state index contributed by atoms with van der Waals surface area (Å²) >= 11 is 0. The molecular formula is C29H43NO8. The Bertz CT molecular complexity index is 766. The second kappa shape index (κ2) is 15.5. The normalized spacial score (nSPS) is 29.3. The van der Waals surface area contributed by atoms with Gasteiger partial charge < -0.3 is 24.3 Å². The van der Waals surface area contributed by atoms with Crippen LogP contribution in [0.1, 0.15) is 89.9 Å². The number of hydrogen-bond donors (Lipinski definition) is 1. The van der Waals surface area contributed by atoms with Crippen LogP contribution in [-0.2, 0) is 33.3 Å². The molecule has 0 heterocycles. The summed E-state index contributed by atoms with van der Waals surface area (Å²) in [6.45, 7) is 7.40. The number of esters is 3. The smallest absolute Gasteiger partial charge is 0.407 e. The zero-order chi connectivity index (χ0) is 27.3. The lowest BCUT2D eigenvalue weighted by molar-refractivity contribution is -0.168. The Balaban J connectivity index is 1.31. The fourth-order valence-corrected chi connectivity index (χ4v) is 5.74. The van der Waals surface area contributed by atoms with Crippen molar-refractivity contribution >= 4 is 24.0 Å². The van der Waals surface area contributed by atoms with Crippen LogP contribution >= 0.6 is 0 Å². The molecule has 4 unspecified atom stereocenters. The third kappa shape index (κ3) is 9.80. The quantitative estimate of drug-likeness (QED) is 0.226. The zero-order valence-corrected chi connectivity index (χ0v) is 22.4. The Labute approximate surface area is 225 Å². The van der Waals surface area contributed by atoms with Crippen molar-refractivity contribution in [3.63, 3.8) is 0 Å². The van der Waals surface area contributed by atoms with Crippen molar-refractivity contribution in [2.45, 2.75) is 114 Å². The maximum atomic E-state index is 12.5. The van der Waals surface area contributed by atoms with Crippen LogP contribution < -0.4 is 5.32 Å². The van der Waals surface area contributed by atoms with E-state index in [9.17, 15) is 19.2 Å². The lowest BCUT2D eigenvalue weighted by Gasteiger charge is -2.32. The minimum atomic E-state index is -0.497. The summed E-state index contributed by atoms with van der Waals surface area (Å²) in [5.41, 5.74) is 0. The fraction of sp³-hybridized carbons (Fsp3) is 0.724. The van der Waals surface area contributed by atoms with Crippen molar-refractivity contribution in [1.82, 2.24) is 5.32 Å². The minimum Gasteiger partial charge on any atom is -0.458 e. The molecule has 0 radical (unpaired) electrons. The van der Waals surface area contributed by atoms with E-state index in [2.05, 4.69) is 18.5 Å². The molecule has 0 saturated heterocycles. The Morgan fingerprint density at radius 3 is 1.58 bits per heavy atom. The van der Waals surface area contributed by atoms with E-state index in [1.54, 1.807) is 0 Å². The van der Waals surface area contributed by atoms with Gasteiger partial charge in [-0.25, -0.2) is 14.4 Å². The number of carbonyl (C=O) groups is 4. The SMILES string of the molecule is C=CC(=O)OC1CCCCC1OC(=O)CCC1CCC(CNC(=O)OC2CCCCC2OC(=O)C=C)CC1. The topological polar surface area (TPSA) is 117 Å². The molecule has 1 amide bonds. The highest BCUT2D eigenvalue weighted by atomic mass is 16.6. The van der Waals surface area contributed by atoms with Gasteiger partial charge in [0.05, 0.1) is 0 Å². The molecule has 3 rings (SSSR count). The Kier molecular flexibility index (Phi) is 12.2.